The number of imidazole rings is 1. The van der Waals surface area contributed by atoms with Gasteiger partial charge in [0.15, 0.2) is 5.16 Å². The van der Waals surface area contributed by atoms with Crippen LogP contribution in [0.25, 0.3) is 5.69 Å². The third-order valence-electron chi connectivity index (χ3n) is 3.58. The molecule has 0 spiro atoms. The molecule has 4 nitrogen and oxygen atoms in total. The molecule has 0 saturated heterocycles. The van der Waals surface area contributed by atoms with E-state index < -0.39 is 0 Å². The summed E-state index contributed by atoms with van der Waals surface area (Å²) in [7, 11) is 1.76. The topological polar surface area (TPSA) is 38.1 Å². The molecule has 0 radical (unpaired) electrons. The molecule has 0 aliphatic carbocycles. The molecule has 8 heteroatoms. The summed E-state index contributed by atoms with van der Waals surface area (Å²) in [5, 5.41) is 2.67. The van der Waals surface area contributed by atoms with E-state index in [4.69, 9.17) is 0 Å². The smallest absolute Gasteiger partial charge is 0.272 e. The average Bonchev–Trinajstić information content (AvgIpc) is 3.20. The Kier molecular flexibility index (Phi) is 5.61. The van der Waals surface area contributed by atoms with Gasteiger partial charge in [0.1, 0.15) is 11.5 Å². The van der Waals surface area contributed by atoms with Crippen LogP contribution in [0, 0.1) is 5.82 Å². The lowest BCUT2D eigenvalue weighted by molar-refractivity contribution is 0.0778. The van der Waals surface area contributed by atoms with Gasteiger partial charge in [0.2, 0.25) is 0 Å². The molecule has 130 valence electrons. The molecule has 0 aliphatic rings. The van der Waals surface area contributed by atoms with Crippen LogP contribution >= 0.6 is 39.0 Å². The van der Waals surface area contributed by atoms with Crippen molar-refractivity contribution in [3.63, 3.8) is 0 Å². The number of hydrogen-bond acceptors (Lipinski definition) is 4. The Labute approximate surface area is 161 Å². The minimum absolute atomic E-state index is 0.137. The SMILES string of the molecule is CSc1ncc(C(=O)N(C)Cc2cc(Br)cs2)n1-c1ccc(F)cc1. The summed E-state index contributed by atoms with van der Waals surface area (Å²) in [6.45, 7) is 0.512. The second kappa shape index (κ2) is 7.72. The van der Waals surface area contributed by atoms with Crippen molar-refractivity contribution in [2.75, 3.05) is 13.3 Å². The van der Waals surface area contributed by atoms with Gasteiger partial charge in [-0.05, 0) is 52.5 Å². The molecule has 0 bridgehead atoms. The van der Waals surface area contributed by atoms with E-state index in [1.807, 2.05) is 17.7 Å². The second-order valence-corrected chi connectivity index (χ2v) is 8.02. The van der Waals surface area contributed by atoms with Gasteiger partial charge in [-0.2, -0.15) is 0 Å². The molecule has 0 saturated carbocycles. The number of rotatable bonds is 5. The summed E-state index contributed by atoms with van der Waals surface area (Å²) in [5.41, 5.74) is 1.16. The lowest BCUT2D eigenvalue weighted by Gasteiger charge is -2.18. The number of carbonyl (C=O) groups excluding carboxylic acids is 1. The lowest BCUT2D eigenvalue weighted by atomic mass is 10.3. The summed E-state index contributed by atoms with van der Waals surface area (Å²) in [6, 6.07) is 8.04. The van der Waals surface area contributed by atoms with Crippen LogP contribution in [-0.2, 0) is 6.54 Å². The van der Waals surface area contributed by atoms with Crippen LogP contribution in [0.4, 0.5) is 4.39 Å². The first-order valence-corrected chi connectivity index (χ1v) is 10.3. The maximum Gasteiger partial charge on any atom is 0.272 e. The van der Waals surface area contributed by atoms with Gasteiger partial charge in [-0.15, -0.1) is 11.3 Å². The monoisotopic (exact) mass is 439 g/mol. The molecular weight excluding hydrogens is 425 g/mol. The van der Waals surface area contributed by atoms with E-state index in [1.54, 1.807) is 46.2 Å². The van der Waals surface area contributed by atoms with Crippen molar-refractivity contribution in [2.24, 2.45) is 0 Å². The van der Waals surface area contributed by atoms with Gasteiger partial charge in [-0.25, -0.2) is 9.37 Å². The Balaban J connectivity index is 1.92. The Hall–Kier alpha value is -1.64. The molecule has 25 heavy (non-hydrogen) atoms. The van der Waals surface area contributed by atoms with Gasteiger partial charge in [0.25, 0.3) is 5.91 Å². The van der Waals surface area contributed by atoms with Crippen molar-refractivity contribution in [1.29, 1.82) is 0 Å². The minimum atomic E-state index is -0.317. The molecule has 2 aromatic heterocycles. The maximum absolute atomic E-state index is 13.2. The molecule has 1 amide bonds. The molecule has 0 unspecified atom stereocenters. The van der Waals surface area contributed by atoms with Gasteiger partial charge in [-0.1, -0.05) is 11.8 Å². The quantitative estimate of drug-likeness (QED) is 0.534. The molecule has 2 heterocycles. The molecule has 1 aromatic carbocycles. The van der Waals surface area contributed by atoms with Crippen molar-refractivity contribution in [2.45, 2.75) is 11.7 Å². The average molecular weight is 440 g/mol. The minimum Gasteiger partial charge on any atom is -0.335 e. The largest absolute Gasteiger partial charge is 0.335 e. The Morgan fingerprint density at radius 3 is 2.72 bits per heavy atom. The van der Waals surface area contributed by atoms with E-state index in [1.165, 1.54) is 23.9 Å². The molecular formula is C17H15BrFN3OS2. The standard InChI is InChI=1S/C17H15BrFN3OS2/c1-21(9-14-7-11(18)10-25-14)16(23)15-8-20-17(24-2)22(15)13-5-3-12(19)4-6-13/h3-8,10H,9H2,1-2H3. The molecule has 0 atom stereocenters. The number of aromatic nitrogens is 2. The van der Waals surface area contributed by atoms with Gasteiger partial charge < -0.3 is 4.90 Å². The van der Waals surface area contributed by atoms with E-state index in [-0.39, 0.29) is 11.7 Å². The normalized spacial score (nSPS) is 10.9. The number of thioether (sulfide) groups is 1. The van der Waals surface area contributed by atoms with Crippen molar-refractivity contribution in [3.05, 3.63) is 62.8 Å². The van der Waals surface area contributed by atoms with Crippen LogP contribution in [0.2, 0.25) is 0 Å². The van der Waals surface area contributed by atoms with Crippen LogP contribution in [-0.4, -0.2) is 33.7 Å². The van der Waals surface area contributed by atoms with E-state index in [9.17, 15) is 9.18 Å². The molecule has 3 rings (SSSR count). The van der Waals surface area contributed by atoms with E-state index >= 15 is 0 Å². The molecule has 0 fully saturated rings. The van der Waals surface area contributed by atoms with E-state index in [2.05, 4.69) is 20.9 Å². The van der Waals surface area contributed by atoms with Gasteiger partial charge in [-0.3, -0.25) is 9.36 Å². The number of benzene rings is 1. The summed E-state index contributed by atoms with van der Waals surface area (Å²) in [4.78, 5) is 20.0. The zero-order valence-electron chi connectivity index (χ0n) is 13.6. The van der Waals surface area contributed by atoms with Crippen LogP contribution in [0.3, 0.4) is 0 Å². The first-order valence-electron chi connectivity index (χ1n) is 7.35. The summed E-state index contributed by atoms with van der Waals surface area (Å²) in [5.74, 6) is -0.454. The van der Waals surface area contributed by atoms with Crippen molar-refractivity contribution in [1.82, 2.24) is 14.5 Å². The highest BCUT2D eigenvalue weighted by Crippen LogP contribution is 2.24. The van der Waals surface area contributed by atoms with E-state index in [0.29, 0.717) is 23.1 Å². The van der Waals surface area contributed by atoms with Gasteiger partial charge in [0, 0.05) is 27.5 Å². The van der Waals surface area contributed by atoms with Gasteiger partial charge in [0.05, 0.1) is 12.7 Å². The fourth-order valence-electron chi connectivity index (χ4n) is 2.41. The van der Waals surface area contributed by atoms with Crippen molar-refractivity contribution >= 4 is 44.9 Å². The molecule has 0 N–H and O–H groups in total. The first-order chi connectivity index (χ1) is 12.0. The number of amides is 1. The highest BCUT2D eigenvalue weighted by atomic mass is 79.9. The third-order valence-corrected chi connectivity index (χ3v) is 5.91. The number of thiophene rings is 1. The number of halogens is 2. The van der Waals surface area contributed by atoms with Crippen LogP contribution in [0.15, 0.2) is 51.5 Å². The Morgan fingerprint density at radius 2 is 2.12 bits per heavy atom. The zero-order valence-corrected chi connectivity index (χ0v) is 16.8. The fraction of sp³-hybridized carbons (Fsp3) is 0.176. The highest BCUT2D eigenvalue weighted by Gasteiger charge is 2.21. The number of nitrogens with zero attached hydrogens (tertiary/aromatic N) is 3. The summed E-state index contributed by atoms with van der Waals surface area (Å²) < 4.78 is 16.0. The predicted molar refractivity (Wildman–Crippen MR) is 103 cm³/mol. The van der Waals surface area contributed by atoms with Gasteiger partial charge >= 0.3 is 0 Å². The predicted octanol–water partition coefficient (Wildman–Crippen LogP) is 4.83. The lowest BCUT2D eigenvalue weighted by Crippen LogP contribution is -2.27. The van der Waals surface area contributed by atoms with Crippen molar-refractivity contribution < 1.29 is 9.18 Å². The van der Waals surface area contributed by atoms with Crippen LogP contribution < -0.4 is 0 Å². The zero-order chi connectivity index (χ0) is 18.0. The van der Waals surface area contributed by atoms with Crippen LogP contribution in [0.5, 0.6) is 0 Å². The van der Waals surface area contributed by atoms with Crippen molar-refractivity contribution in [3.8, 4) is 5.69 Å². The second-order valence-electron chi connectivity index (χ2n) is 5.33. The Morgan fingerprint density at radius 1 is 1.40 bits per heavy atom. The summed E-state index contributed by atoms with van der Waals surface area (Å²) in [6.07, 6.45) is 3.46. The highest BCUT2D eigenvalue weighted by molar-refractivity contribution is 9.10. The van der Waals surface area contributed by atoms with Crippen LogP contribution in [0.1, 0.15) is 15.4 Å². The maximum atomic E-state index is 13.2. The first kappa shape index (κ1) is 18.2. The number of hydrogen-bond donors (Lipinski definition) is 0. The molecule has 3 aromatic rings. The van der Waals surface area contributed by atoms with E-state index in [0.717, 1.165) is 9.35 Å². The fourth-order valence-corrected chi connectivity index (χ4v) is 4.46. The number of carbonyl (C=O) groups is 1. The Bertz CT molecular complexity index is 892. The molecule has 0 aliphatic heterocycles. The summed E-state index contributed by atoms with van der Waals surface area (Å²) >= 11 is 6.45. The third kappa shape index (κ3) is 3.96.